The third-order valence-corrected chi connectivity index (χ3v) is 2.20. The first kappa shape index (κ1) is 8.19. The van der Waals surface area contributed by atoms with Gasteiger partial charge in [-0.3, -0.25) is 15.1 Å². The van der Waals surface area contributed by atoms with Crippen LogP contribution in [0.4, 0.5) is 5.69 Å². The van der Waals surface area contributed by atoms with E-state index in [-0.39, 0.29) is 10.7 Å². The molecule has 1 aliphatic heterocycles. The van der Waals surface area contributed by atoms with Crippen LogP contribution in [0.3, 0.4) is 0 Å². The molecule has 1 aromatic rings. The molecule has 2 rings (SSSR count). The number of hydrogen-bond donors (Lipinski definition) is 0. The van der Waals surface area contributed by atoms with Crippen molar-refractivity contribution in [3.05, 3.63) is 38.4 Å². The Morgan fingerprint density at radius 1 is 1.54 bits per heavy atom. The minimum absolute atomic E-state index is 0.0613. The summed E-state index contributed by atoms with van der Waals surface area (Å²) in [6.45, 7) is 0.563. The second-order valence-corrected chi connectivity index (χ2v) is 3.14. The number of halogens is 1. The van der Waals surface area contributed by atoms with Gasteiger partial charge in [0.2, 0.25) is 0 Å². The fraction of sp³-hybridized carbons (Fsp3) is 0.125. The second kappa shape index (κ2) is 2.81. The lowest BCUT2D eigenvalue weighted by atomic mass is 10.1. The maximum atomic E-state index is 10.5. The van der Waals surface area contributed by atoms with E-state index in [0.717, 1.165) is 11.1 Å². The predicted molar refractivity (Wildman–Crippen MR) is 49.4 cm³/mol. The molecule has 1 aliphatic rings. The van der Waals surface area contributed by atoms with E-state index < -0.39 is 4.92 Å². The highest BCUT2D eigenvalue weighted by Crippen LogP contribution is 2.29. The summed E-state index contributed by atoms with van der Waals surface area (Å²) in [5.41, 5.74) is 1.67. The number of aliphatic imine (C=N–C) groups is 1. The standard InChI is InChI=1S/C8H5ClN2O2/c9-7-1-5-3-10-4-6(5)2-8(7)11(12)13/h1-2,4H,3H2. The van der Waals surface area contributed by atoms with Crippen LogP contribution in [0.25, 0.3) is 0 Å². The van der Waals surface area contributed by atoms with E-state index in [1.54, 1.807) is 12.3 Å². The molecule has 0 fully saturated rings. The molecule has 0 spiro atoms. The fourth-order valence-electron chi connectivity index (χ4n) is 1.26. The zero-order chi connectivity index (χ0) is 9.42. The number of nitrogens with zero attached hydrogens (tertiary/aromatic N) is 2. The van der Waals surface area contributed by atoms with Crippen LogP contribution in [0.5, 0.6) is 0 Å². The summed E-state index contributed by atoms with van der Waals surface area (Å²) in [6.07, 6.45) is 1.62. The summed E-state index contributed by atoms with van der Waals surface area (Å²) in [7, 11) is 0. The number of nitro benzene ring substituents is 1. The number of benzene rings is 1. The molecule has 1 aromatic carbocycles. The molecule has 0 amide bonds. The Balaban J connectivity index is 2.60. The van der Waals surface area contributed by atoms with Crippen LogP contribution < -0.4 is 0 Å². The molecule has 0 aromatic heterocycles. The Kier molecular flexibility index (Phi) is 1.77. The molecule has 13 heavy (non-hydrogen) atoms. The molecule has 1 heterocycles. The molecule has 66 valence electrons. The van der Waals surface area contributed by atoms with Gasteiger partial charge in [0.15, 0.2) is 0 Å². The topological polar surface area (TPSA) is 55.5 Å². The zero-order valence-corrected chi connectivity index (χ0v) is 7.28. The Bertz CT molecular complexity index is 415. The summed E-state index contributed by atoms with van der Waals surface area (Å²) in [4.78, 5) is 14.0. The third-order valence-electron chi connectivity index (χ3n) is 1.90. The molecule has 0 N–H and O–H groups in total. The molecule has 0 bridgehead atoms. The summed E-state index contributed by atoms with van der Waals surface area (Å²) in [5.74, 6) is 0. The van der Waals surface area contributed by atoms with Gasteiger partial charge >= 0.3 is 0 Å². The summed E-state index contributed by atoms with van der Waals surface area (Å²) >= 11 is 5.71. The van der Waals surface area contributed by atoms with Gasteiger partial charge in [-0.15, -0.1) is 0 Å². The van der Waals surface area contributed by atoms with Crippen LogP contribution in [0.15, 0.2) is 17.1 Å². The minimum atomic E-state index is -0.491. The largest absolute Gasteiger partial charge is 0.288 e. The SMILES string of the molecule is O=[N+]([O-])c1cc2c(cc1Cl)CN=C2. The summed E-state index contributed by atoms with van der Waals surface area (Å²) < 4.78 is 0. The molecule has 0 radical (unpaired) electrons. The monoisotopic (exact) mass is 196 g/mol. The Morgan fingerprint density at radius 2 is 2.31 bits per heavy atom. The van der Waals surface area contributed by atoms with Gasteiger partial charge in [-0.2, -0.15) is 0 Å². The molecular formula is C8H5ClN2O2. The maximum absolute atomic E-state index is 10.5. The van der Waals surface area contributed by atoms with Gasteiger partial charge in [-0.05, 0) is 11.6 Å². The average Bonchev–Trinajstić information content (AvgIpc) is 2.48. The predicted octanol–water partition coefficient (Wildman–Crippen LogP) is 2.18. The molecule has 4 nitrogen and oxygen atoms in total. The van der Waals surface area contributed by atoms with E-state index in [1.165, 1.54) is 6.07 Å². The van der Waals surface area contributed by atoms with Gasteiger partial charge in [0.1, 0.15) is 5.02 Å². The zero-order valence-electron chi connectivity index (χ0n) is 6.53. The Labute approximate surface area is 79.0 Å². The van der Waals surface area contributed by atoms with E-state index in [0.29, 0.717) is 6.54 Å². The highest BCUT2D eigenvalue weighted by molar-refractivity contribution is 6.32. The highest BCUT2D eigenvalue weighted by Gasteiger charge is 2.17. The number of fused-ring (bicyclic) bond motifs is 1. The van der Waals surface area contributed by atoms with Crippen molar-refractivity contribution in [1.29, 1.82) is 0 Å². The van der Waals surface area contributed by atoms with Crippen LogP contribution >= 0.6 is 11.6 Å². The maximum Gasteiger partial charge on any atom is 0.288 e. The van der Waals surface area contributed by atoms with Gasteiger partial charge in [0.25, 0.3) is 5.69 Å². The average molecular weight is 197 g/mol. The van der Waals surface area contributed by atoms with Crippen LogP contribution in [-0.4, -0.2) is 11.1 Å². The van der Waals surface area contributed by atoms with Crippen molar-refractivity contribution in [3.8, 4) is 0 Å². The van der Waals surface area contributed by atoms with Crippen molar-refractivity contribution < 1.29 is 4.92 Å². The normalized spacial score (nSPS) is 13.0. The van der Waals surface area contributed by atoms with Gasteiger partial charge in [-0.25, -0.2) is 0 Å². The molecule has 0 saturated heterocycles. The van der Waals surface area contributed by atoms with Crippen molar-refractivity contribution in [2.75, 3.05) is 0 Å². The first-order valence-corrected chi connectivity index (χ1v) is 4.03. The lowest BCUT2D eigenvalue weighted by Gasteiger charge is -1.98. The van der Waals surface area contributed by atoms with Gasteiger partial charge < -0.3 is 0 Å². The van der Waals surface area contributed by atoms with Crippen molar-refractivity contribution in [3.63, 3.8) is 0 Å². The third kappa shape index (κ3) is 1.29. The number of hydrogen-bond acceptors (Lipinski definition) is 3. The van der Waals surface area contributed by atoms with Crippen LogP contribution in [0, 0.1) is 10.1 Å². The summed E-state index contributed by atoms with van der Waals surface area (Å²) in [5, 5.41) is 10.7. The lowest BCUT2D eigenvalue weighted by molar-refractivity contribution is -0.384. The van der Waals surface area contributed by atoms with E-state index in [4.69, 9.17) is 11.6 Å². The molecule has 0 aliphatic carbocycles. The fourth-order valence-corrected chi connectivity index (χ4v) is 1.51. The molecule has 5 heteroatoms. The van der Waals surface area contributed by atoms with Crippen LogP contribution in [-0.2, 0) is 6.54 Å². The van der Waals surface area contributed by atoms with E-state index >= 15 is 0 Å². The van der Waals surface area contributed by atoms with Crippen LogP contribution in [0.1, 0.15) is 11.1 Å². The Hall–Kier alpha value is -1.42. The second-order valence-electron chi connectivity index (χ2n) is 2.73. The minimum Gasteiger partial charge on any atom is -0.288 e. The molecule has 0 saturated carbocycles. The van der Waals surface area contributed by atoms with Crippen molar-refractivity contribution in [1.82, 2.24) is 0 Å². The molecular weight excluding hydrogens is 192 g/mol. The molecule has 0 atom stereocenters. The van der Waals surface area contributed by atoms with Gasteiger partial charge in [0, 0.05) is 17.8 Å². The van der Waals surface area contributed by atoms with E-state index in [2.05, 4.69) is 4.99 Å². The van der Waals surface area contributed by atoms with E-state index in [9.17, 15) is 10.1 Å². The van der Waals surface area contributed by atoms with Crippen molar-refractivity contribution in [2.24, 2.45) is 4.99 Å². The summed E-state index contributed by atoms with van der Waals surface area (Å²) in [6, 6.07) is 3.05. The van der Waals surface area contributed by atoms with E-state index in [1.807, 2.05) is 0 Å². The first-order chi connectivity index (χ1) is 6.18. The van der Waals surface area contributed by atoms with Crippen molar-refractivity contribution >= 4 is 23.5 Å². The quantitative estimate of drug-likeness (QED) is 0.511. The number of rotatable bonds is 1. The highest BCUT2D eigenvalue weighted by atomic mass is 35.5. The smallest absolute Gasteiger partial charge is 0.288 e. The Morgan fingerprint density at radius 3 is 3.00 bits per heavy atom. The number of nitro groups is 1. The van der Waals surface area contributed by atoms with Gasteiger partial charge in [0.05, 0.1) is 11.5 Å². The van der Waals surface area contributed by atoms with Gasteiger partial charge in [-0.1, -0.05) is 11.6 Å². The van der Waals surface area contributed by atoms with Crippen LogP contribution in [0.2, 0.25) is 5.02 Å². The first-order valence-electron chi connectivity index (χ1n) is 3.65. The van der Waals surface area contributed by atoms with Crippen molar-refractivity contribution in [2.45, 2.75) is 6.54 Å². The lowest BCUT2D eigenvalue weighted by Crippen LogP contribution is -1.92. The molecule has 0 unspecified atom stereocenters.